The second kappa shape index (κ2) is 8.14. The molecular formula is C13H13N7O5. The molecule has 0 saturated carbocycles. The third-order valence-electron chi connectivity index (χ3n) is 2.84. The quantitative estimate of drug-likeness (QED) is 0.291. The van der Waals surface area contributed by atoms with Gasteiger partial charge in [0.25, 0.3) is 11.2 Å². The van der Waals surface area contributed by atoms with Gasteiger partial charge in [-0.3, -0.25) is 24.7 Å². The van der Waals surface area contributed by atoms with Gasteiger partial charge in [0.15, 0.2) is 0 Å². The molecule has 0 radical (unpaired) electrons. The van der Waals surface area contributed by atoms with Crippen LogP contribution < -0.4 is 22.0 Å². The number of nitro benzene ring substituents is 1. The minimum absolute atomic E-state index is 0.0213. The predicted octanol–water partition coefficient (Wildman–Crippen LogP) is -0.681. The van der Waals surface area contributed by atoms with Crippen molar-refractivity contribution in [1.82, 2.24) is 20.6 Å². The molecule has 25 heavy (non-hydrogen) atoms. The molecular weight excluding hydrogens is 334 g/mol. The highest BCUT2D eigenvalue weighted by atomic mass is 16.6. The van der Waals surface area contributed by atoms with Crippen molar-refractivity contribution in [3.8, 4) is 0 Å². The lowest BCUT2D eigenvalue weighted by molar-refractivity contribution is -0.384. The Balaban J connectivity index is 1.80. The zero-order valence-corrected chi connectivity index (χ0v) is 12.7. The number of hydrazone groups is 1. The number of benzene rings is 1. The van der Waals surface area contributed by atoms with Crippen LogP contribution in [0.2, 0.25) is 0 Å². The van der Waals surface area contributed by atoms with Crippen molar-refractivity contribution in [2.75, 3.05) is 11.9 Å². The lowest BCUT2D eigenvalue weighted by Crippen LogP contribution is -2.28. The maximum atomic E-state index is 11.6. The third-order valence-corrected chi connectivity index (χ3v) is 2.84. The maximum Gasteiger partial charge on any atom is 0.342 e. The Morgan fingerprint density at radius 2 is 2.20 bits per heavy atom. The Bertz CT molecular complexity index is 917. The number of amides is 1. The van der Waals surface area contributed by atoms with Crippen LogP contribution in [0, 0.1) is 10.1 Å². The first kappa shape index (κ1) is 17.5. The number of aromatic nitrogens is 3. The average molecular weight is 347 g/mol. The molecule has 12 heteroatoms. The highest BCUT2D eigenvalue weighted by molar-refractivity contribution is 5.83. The molecule has 1 aromatic heterocycles. The Kier molecular flexibility index (Phi) is 5.71. The number of carbonyl (C=O) groups is 1. The first-order chi connectivity index (χ1) is 12.0. The summed E-state index contributed by atoms with van der Waals surface area (Å²) in [7, 11) is 0. The SMILES string of the molecule is O=C(CCNc1n[nH]c(=O)[nH]c1=O)N/N=C/c1cccc([N+](=O)[O-])c1. The summed E-state index contributed by atoms with van der Waals surface area (Å²) >= 11 is 0. The fraction of sp³-hybridized carbons (Fsp3) is 0.154. The van der Waals surface area contributed by atoms with Gasteiger partial charge in [0.05, 0.1) is 11.1 Å². The number of aromatic amines is 2. The molecule has 1 amide bonds. The van der Waals surface area contributed by atoms with E-state index in [2.05, 4.69) is 20.9 Å². The minimum Gasteiger partial charge on any atom is -0.364 e. The molecule has 0 bridgehead atoms. The first-order valence-corrected chi connectivity index (χ1v) is 6.95. The largest absolute Gasteiger partial charge is 0.364 e. The first-order valence-electron chi connectivity index (χ1n) is 6.95. The van der Waals surface area contributed by atoms with Crippen LogP contribution in [-0.2, 0) is 4.79 Å². The van der Waals surface area contributed by atoms with Crippen molar-refractivity contribution in [2.45, 2.75) is 6.42 Å². The molecule has 12 nitrogen and oxygen atoms in total. The van der Waals surface area contributed by atoms with E-state index in [9.17, 15) is 24.5 Å². The van der Waals surface area contributed by atoms with Gasteiger partial charge in [0.2, 0.25) is 11.7 Å². The number of nitro groups is 1. The zero-order chi connectivity index (χ0) is 18.2. The summed E-state index contributed by atoms with van der Waals surface area (Å²) in [6, 6.07) is 5.75. The van der Waals surface area contributed by atoms with Crippen LogP contribution in [0.25, 0.3) is 0 Å². The Morgan fingerprint density at radius 3 is 2.92 bits per heavy atom. The van der Waals surface area contributed by atoms with Gasteiger partial charge in [-0.2, -0.15) is 5.10 Å². The van der Waals surface area contributed by atoms with Gasteiger partial charge < -0.3 is 5.32 Å². The molecule has 0 fully saturated rings. The standard InChI is InChI=1S/C13H13N7O5/c21-10(4-5-14-11-12(22)16-13(23)19-18-11)17-15-7-8-2-1-3-9(6-8)20(24)25/h1-3,6-7H,4-5H2,(H,14,18)(H,17,21)(H2,16,19,22,23)/b15-7+. The van der Waals surface area contributed by atoms with E-state index >= 15 is 0 Å². The molecule has 2 rings (SSSR count). The minimum atomic E-state index is -0.733. The number of H-pyrrole nitrogens is 2. The average Bonchev–Trinajstić information content (AvgIpc) is 2.57. The fourth-order valence-corrected chi connectivity index (χ4v) is 1.72. The number of nitrogens with zero attached hydrogens (tertiary/aromatic N) is 3. The van der Waals surface area contributed by atoms with Gasteiger partial charge in [-0.1, -0.05) is 12.1 Å². The second-order valence-electron chi connectivity index (χ2n) is 4.68. The number of rotatable bonds is 7. The van der Waals surface area contributed by atoms with Crippen LogP contribution >= 0.6 is 0 Å². The molecule has 2 aromatic rings. The van der Waals surface area contributed by atoms with Crippen molar-refractivity contribution in [3.63, 3.8) is 0 Å². The van der Waals surface area contributed by atoms with E-state index in [0.717, 1.165) is 0 Å². The fourth-order valence-electron chi connectivity index (χ4n) is 1.72. The summed E-state index contributed by atoms with van der Waals surface area (Å²) in [5, 5.41) is 22.5. The van der Waals surface area contributed by atoms with Gasteiger partial charge in [0.1, 0.15) is 0 Å². The van der Waals surface area contributed by atoms with Crippen molar-refractivity contribution < 1.29 is 9.72 Å². The lowest BCUT2D eigenvalue weighted by atomic mass is 10.2. The van der Waals surface area contributed by atoms with Gasteiger partial charge >= 0.3 is 5.69 Å². The number of nitrogens with one attached hydrogen (secondary N) is 4. The molecule has 4 N–H and O–H groups in total. The number of anilines is 1. The van der Waals surface area contributed by atoms with Crippen LogP contribution in [0.15, 0.2) is 39.0 Å². The highest BCUT2D eigenvalue weighted by Crippen LogP contribution is 2.11. The van der Waals surface area contributed by atoms with E-state index < -0.39 is 22.1 Å². The van der Waals surface area contributed by atoms with E-state index in [1.165, 1.54) is 24.4 Å². The number of hydrogen-bond donors (Lipinski definition) is 4. The van der Waals surface area contributed by atoms with Gasteiger partial charge in [-0.15, -0.1) is 5.10 Å². The van der Waals surface area contributed by atoms with Crippen LogP contribution in [0.3, 0.4) is 0 Å². The second-order valence-corrected chi connectivity index (χ2v) is 4.68. The van der Waals surface area contributed by atoms with Crippen molar-refractivity contribution in [1.29, 1.82) is 0 Å². The predicted molar refractivity (Wildman–Crippen MR) is 87.4 cm³/mol. The molecule has 0 aliphatic heterocycles. The summed E-state index contributed by atoms with van der Waals surface area (Å²) in [4.78, 5) is 45.8. The molecule has 1 heterocycles. The Labute approximate surface area is 139 Å². The van der Waals surface area contributed by atoms with E-state index in [1.807, 2.05) is 10.1 Å². The summed E-state index contributed by atoms with van der Waals surface area (Å²) in [5.74, 6) is -0.567. The molecule has 1 aromatic carbocycles. The smallest absolute Gasteiger partial charge is 0.342 e. The topological polar surface area (TPSA) is 175 Å². The highest BCUT2D eigenvalue weighted by Gasteiger charge is 2.05. The lowest BCUT2D eigenvalue weighted by Gasteiger charge is -2.02. The van der Waals surface area contributed by atoms with Crippen LogP contribution in [0.5, 0.6) is 0 Å². The van der Waals surface area contributed by atoms with Crippen LogP contribution in [-0.4, -0.2) is 38.8 Å². The van der Waals surface area contributed by atoms with Crippen molar-refractivity contribution in [3.05, 3.63) is 60.8 Å². The monoisotopic (exact) mass is 347 g/mol. The van der Waals surface area contributed by atoms with Crippen molar-refractivity contribution >= 4 is 23.6 Å². The summed E-state index contributed by atoms with van der Waals surface area (Å²) in [6.45, 7) is 0.0836. The molecule has 130 valence electrons. The van der Waals surface area contributed by atoms with E-state index in [0.29, 0.717) is 5.56 Å². The molecule has 0 atom stereocenters. The normalized spacial score (nSPS) is 10.6. The molecule has 0 aliphatic rings. The van der Waals surface area contributed by atoms with Gasteiger partial charge in [-0.25, -0.2) is 15.3 Å². The van der Waals surface area contributed by atoms with Gasteiger partial charge in [0, 0.05) is 30.7 Å². The zero-order valence-electron chi connectivity index (χ0n) is 12.7. The maximum absolute atomic E-state index is 11.6. The van der Waals surface area contributed by atoms with Crippen molar-refractivity contribution in [2.24, 2.45) is 5.10 Å². The van der Waals surface area contributed by atoms with Crippen LogP contribution in [0.1, 0.15) is 12.0 Å². The summed E-state index contributed by atoms with van der Waals surface area (Å²) < 4.78 is 0. The molecule has 0 aliphatic carbocycles. The van der Waals surface area contributed by atoms with E-state index in [1.54, 1.807) is 6.07 Å². The Hall–Kier alpha value is -3.83. The summed E-state index contributed by atoms with van der Waals surface area (Å²) in [5.41, 5.74) is 1.18. The van der Waals surface area contributed by atoms with E-state index in [-0.39, 0.29) is 24.5 Å². The Morgan fingerprint density at radius 1 is 1.40 bits per heavy atom. The van der Waals surface area contributed by atoms with Gasteiger partial charge in [-0.05, 0) is 0 Å². The number of non-ortho nitro benzene ring substituents is 1. The molecule has 0 spiro atoms. The van der Waals surface area contributed by atoms with E-state index in [4.69, 9.17) is 0 Å². The third kappa shape index (κ3) is 5.38. The number of carbonyl (C=O) groups excluding carboxylic acids is 1. The molecule has 0 unspecified atom stereocenters. The molecule has 0 saturated heterocycles. The number of hydrogen-bond acceptors (Lipinski definition) is 8. The summed E-state index contributed by atoms with van der Waals surface area (Å²) in [6.07, 6.45) is 1.25. The van der Waals surface area contributed by atoms with Crippen LogP contribution in [0.4, 0.5) is 11.5 Å².